The first-order valence-corrected chi connectivity index (χ1v) is 5.81. The molecule has 0 N–H and O–H groups in total. The summed E-state index contributed by atoms with van der Waals surface area (Å²) < 4.78 is 15.1. The molecule has 0 aliphatic carbocycles. The van der Waals surface area contributed by atoms with Gasteiger partial charge in [0.1, 0.15) is 16.8 Å². The number of hydrogen-bond acceptors (Lipinski definition) is 3. The first kappa shape index (κ1) is 13.2. The van der Waals surface area contributed by atoms with Crippen LogP contribution in [0.5, 0.6) is 0 Å². The summed E-state index contributed by atoms with van der Waals surface area (Å²) in [5.74, 6) is -0.124. The fourth-order valence-corrected chi connectivity index (χ4v) is 1.91. The summed E-state index contributed by atoms with van der Waals surface area (Å²) in [6, 6.07) is 7.15. The van der Waals surface area contributed by atoms with Gasteiger partial charge in [0.05, 0.1) is 18.2 Å². The lowest BCUT2D eigenvalue weighted by Gasteiger charge is -2.10. The van der Waals surface area contributed by atoms with E-state index in [-0.39, 0.29) is 22.8 Å². The number of aromatic nitrogens is 2. The lowest BCUT2D eigenvalue weighted by atomic mass is 10.1. The van der Waals surface area contributed by atoms with Crippen LogP contribution >= 0.6 is 11.6 Å². The molecule has 96 valence electrons. The number of hydrogen-bond donors (Lipinski definition) is 0. The van der Waals surface area contributed by atoms with Crippen molar-refractivity contribution in [1.29, 1.82) is 5.26 Å². The maximum absolute atomic E-state index is 13.8. The molecule has 4 nitrogen and oxygen atoms in total. The summed E-state index contributed by atoms with van der Waals surface area (Å²) in [6.07, 6.45) is 0. The predicted octanol–water partition coefficient (Wildman–Crippen LogP) is 2.26. The van der Waals surface area contributed by atoms with E-state index in [9.17, 15) is 9.18 Å². The Labute approximate surface area is 113 Å². The molecule has 0 fully saturated rings. The van der Waals surface area contributed by atoms with Crippen LogP contribution in [0.4, 0.5) is 4.39 Å². The van der Waals surface area contributed by atoms with Gasteiger partial charge < -0.3 is 0 Å². The number of aryl methyl sites for hydroxylation is 1. The van der Waals surface area contributed by atoms with Crippen LogP contribution in [-0.4, -0.2) is 9.55 Å². The number of nitrogens with zero attached hydrogens (tertiary/aromatic N) is 3. The molecule has 6 heteroatoms. The monoisotopic (exact) mass is 277 g/mol. The Morgan fingerprint density at radius 3 is 2.79 bits per heavy atom. The van der Waals surface area contributed by atoms with Crippen LogP contribution in [0.25, 0.3) is 0 Å². The molecule has 0 aliphatic rings. The third kappa shape index (κ3) is 2.80. The fraction of sp³-hybridized carbons (Fsp3) is 0.154. The van der Waals surface area contributed by atoms with E-state index in [1.54, 1.807) is 6.92 Å². The van der Waals surface area contributed by atoms with E-state index < -0.39 is 5.82 Å². The van der Waals surface area contributed by atoms with Crippen molar-refractivity contribution in [3.63, 3.8) is 0 Å². The van der Waals surface area contributed by atoms with Gasteiger partial charge in [-0.2, -0.15) is 5.26 Å². The van der Waals surface area contributed by atoms with Gasteiger partial charge in [-0.25, -0.2) is 9.37 Å². The van der Waals surface area contributed by atoms with Gasteiger partial charge in [0, 0.05) is 11.6 Å². The highest BCUT2D eigenvalue weighted by atomic mass is 35.5. The molecule has 0 amide bonds. The molecule has 2 aromatic rings. The smallest absolute Gasteiger partial charge is 0.255 e. The zero-order valence-corrected chi connectivity index (χ0v) is 10.8. The zero-order valence-electron chi connectivity index (χ0n) is 10.0. The highest BCUT2D eigenvalue weighted by Gasteiger charge is 2.09. The lowest BCUT2D eigenvalue weighted by molar-refractivity contribution is 0.589. The number of rotatable bonds is 2. The second kappa shape index (κ2) is 5.21. The van der Waals surface area contributed by atoms with E-state index in [1.165, 1.54) is 22.8 Å². The zero-order chi connectivity index (χ0) is 14.0. The number of halogens is 2. The van der Waals surface area contributed by atoms with Crippen molar-refractivity contribution in [2.24, 2.45) is 0 Å². The molecule has 0 saturated heterocycles. The van der Waals surface area contributed by atoms with Crippen LogP contribution in [0.2, 0.25) is 5.15 Å². The molecule has 0 radical (unpaired) electrons. The highest BCUT2D eigenvalue weighted by Crippen LogP contribution is 2.12. The number of nitriles is 1. The summed E-state index contributed by atoms with van der Waals surface area (Å²) in [6.45, 7) is 1.67. The van der Waals surface area contributed by atoms with Crippen LogP contribution in [0.15, 0.2) is 29.1 Å². The first-order chi connectivity index (χ1) is 9.01. The van der Waals surface area contributed by atoms with E-state index in [1.807, 2.05) is 6.07 Å². The van der Waals surface area contributed by atoms with Crippen molar-refractivity contribution in [2.75, 3.05) is 0 Å². The van der Waals surface area contributed by atoms with Gasteiger partial charge in [-0.15, -0.1) is 0 Å². The third-order valence-electron chi connectivity index (χ3n) is 2.68. The van der Waals surface area contributed by atoms with Crippen LogP contribution < -0.4 is 5.56 Å². The second-order valence-corrected chi connectivity index (χ2v) is 4.36. The summed E-state index contributed by atoms with van der Waals surface area (Å²) in [7, 11) is 0. The normalized spacial score (nSPS) is 10.2. The SMILES string of the molecule is Cc1nc(Cl)cc(=O)n1Cc1ccc(C#N)cc1F. The first-order valence-electron chi connectivity index (χ1n) is 5.44. The van der Waals surface area contributed by atoms with Gasteiger partial charge in [-0.3, -0.25) is 9.36 Å². The maximum Gasteiger partial charge on any atom is 0.255 e. The molecule has 19 heavy (non-hydrogen) atoms. The second-order valence-electron chi connectivity index (χ2n) is 3.97. The molecule has 0 aliphatic heterocycles. The Kier molecular flexibility index (Phi) is 3.63. The minimum Gasteiger partial charge on any atom is -0.292 e. The van der Waals surface area contributed by atoms with Crippen molar-refractivity contribution in [1.82, 2.24) is 9.55 Å². The summed E-state index contributed by atoms with van der Waals surface area (Å²) in [5, 5.41) is 8.78. The topological polar surface area (TPSA) is 58.7 Å². The van der Waals surface area contributed by atoms with Crippen LogP contribution in [0, 0.1) is 24.1 Å². The molecule has 2 rings (SSSR count). The molecule has 1 heterocycles. The Morgan fingerprint density at radius 1 is 1.47 bits per heavy atom. The van der Waals surface area contributed by atoms with Gasteiger partial charge in [-0.05, 0) is 19.1 Å². The van der Waals surface area contributed by atoms with Crippen LogP contribution in [-0.2, 0) is 6.54 Å². The van der Waals surface area contributed by atoms with Gasteiger partial charge in [0.15, 0.2) is 0 Å². The van der Waals surface area contributed by atoms with Gasteiger partial charge in [-0.1, -0.05) is 17.7 Å². The molecule has 0 atom stereocenters. The molecular weight excluding hydrogens is 269 g/mol. The van der Waals surface area contributed by atoms with Gasteiger partial charge >= 0.3 is 0 Å². The van der Waals surface area contributed by atoms with E-state index in [4.69, 9.17) is 16.9 Å². The van der Waals surface area contributed by atoms with Gasteiger partial charge in [0.25, 0.3) is 5.56 Å². The molecular formula is C13H9ClFN3O. The molecule has 0 spiro atoms. The molecule has 1 aromatic carbocycles. The Bertz CT molecular complexity index is 734. The van der Waals surface area contributed by atoms with E-state index >= 15 is 0 Å². The fourth-order valence-electron chi connectivity index (χ4n) is 1.69. The lowest BCUT2D eigenvalue weighted by Crippen LogP contribution is -2.23. The minimum atomic E-state index is -0.527. The van der Waals surface area contributed by atoms with Crippen molar-refractivity contribution in [3.8, 4) is 6.07 Å². The minimum absolute atomic E-state index is 0.0480. The summed E-state index contributed by atoms with van der Waals surface area (Å²) in [5.41, 5.74) is 0.203. The summed E-state index contributed by atoms with van der Waals surface area (Å²) in [4.78, 5) is 15.7. The number of benzene rings is 1. The maximum atomic E-state index is 13.8. The average molecular weight is 278 g/mol. The van der Waals surface area contributed by atoms with Crippen molar-refractivity contribution < 1.29 is 4.39 Å². The van der Waals surface area contributed by atoms with Crippen LogP contribution in [0.3, 0.4) is 0 Å². The van der Waals surface area contributed by atoms with Crippen molar-refractivity contribution in [3.05, 3.63) is 62.5 Å². The third-order valence-corrected chi connectivity index (χ3v) is 2.87. The van der Waals surface area contributed by atoms with Crippen molar-refractivity contribution >= 4 is 11.6 Å². The van der Waals surface area contributed by atoms with Gasteiger partial charge in [0.2, 0.25) is 0 Å². The Balaban J connectivity index is 2.43. The largest absolute Gasteiger partial charge is 0.292 e. The van der Waals surface area contributed by atoms with Crippen LogP contribution in [0.1, 0.15) is 17.0 Å². The summed E-state index contributed by atoms with van der Waals surface area (Å²) >= 11 is 5.66. The molecule has 0 unspecified atom stereocenters. The van der Waals surface area contributed by atoms with Crippen molar-refractivity contribution in [2.45, 2.75) is 13.5 Å². The Hall–Kier alpha value is -2.19. The Morgan fingerprint density at radius 2 is 2.21 bits per heavy atom. The highest BCUT2D eigenvalue weighted by molar-refractivity contribution is 6.29. The van der Waals surface area contributed by atoms with E-state index in [2.05, 4.69) is 4.98 Å². The van der Waals surface area contributed by atoms with E-state index in [0.717, 1.165) is 6.07 Å². The molecule has 0 bridgehead atoms. The standard InChI is InChI=1S/C13H9ClFN3O/c1-8-17-12(14)5-13(19)18(8)7-10-3-2-9(6-16)4-11(10)15/h2-5H,7H2,1H3. The molecule has 1 aromatic heterocycles. The average Bonchev–Trinajstić information content (AvgIpc) is 2.35. The van der Waals surface area contributed by atoms with E-state index in [0.29, 0.717) is 11.4 Å². The quantitative estimate of drug-likeness (QED) is 0.791. The molecule has 0 saturated carbocycles. The predicted molar refractivity (Wildman–Crippen MR) is 68.5 cm³/mol.